The Morgan fingerprint density at radius 3 is 2.07 bits per heavy atom. The van der Waals surface area contributed by atoms with Crippen molar-refractivity contribution in [2.45, 2.75) is 13.8 Å². The number of carboxylic acid groups (broad SMARTS) is 1. The molecule has 0 aliphatic carbocycles. The van der Waals surface area contributed by atoms with Gasteiger partial charge in [-0.1, -0.05) is 0 Å². The Morgan fingerprint density at radius 1 is 0.841 bits per heavy atom. The molecule has 0 fully saturated rings. The van der Waals surface area contributed by atoms with Crippen molar-refractivity contribution in [1.82, 2.24) is 20.3 Å². The molecule has 0 spiro atoms. The van der Waals surface area contributed by atoms with Crippen molar-refractivity contribution >= 4 is 34.7 Å². The summed E-state index contributed by atoms with van der Waals surface area (Å²) in [6.45, 7) is 6.50. The van der Waals surface area contributed by atoms with E-state index in [1.165, 1.54) is 6.07 Å². The van der Waals surface area contributed by atoms with Crippen LogP contribution in [-0.4, -0.2) is 112 Å². The Labute approximate surface area is 254 Å². The third kappa shape index (κ3) is 11.6. The number of hydrogen-bond acceptors (Lipinski definition) is 11. The molecule has 2 heterocycles. The fourth-order valence-electron chi connectivity index (χ4n) is 3.95. The van der Waals surface area contributed by atoms with Crippen LogP contribution in [0.3, 0.4) is 0 Å². The van der Waals surface area contributed by atoms with Crippen LogP contribution in [0.1, 0.15) is 11.3 Å². The van der Waals surface area contributed by atoms with Crippen molar-refractivity contribution in [1.29, 1.82) is 0 Å². The number of nitrogens with one attached hydrogen (secondary N) is 3. The van der Waals surface area contributed by atoms with Crippen molar-refractivity contribution in [2.75, 3.05) is 90.3 Å². The lowest BCUT2D eigenvalue weighted by Crippen LogP contribution is -2.32. The number of halogens is 1. The SMILES string of the molecule is CNc1ncc2cc(-c3cc(NC(=O)NCCOCCOCCOCCOCCOCC(=O)O)c(F)cc3C)c(C)nc2n1. The van der Waals surface area contributed by atoms with Gasteiger partial charge in [0.2, 0.25) is 5.95 Å². The molecule has 0 radical (unpaired) electrons. The van der Waals surface area contributed by atoms with Gasteiger partial charge in [0.15, 0.2) is 5.65 Å². The molecule has 4 N–H and O–H groups in total. The number of aliphatic carboxylic acids is 1. The molecule has 2 amide bonds. The molecule has 15 heteroatoms. The van der Waals surface area contributed by atoms with Crippen LogP contribution in [0.15, 0.2) is 24.4 Å². The first-order valence-electron chi connectivity index (χ1n) is 14.1. The number of benzene rings is 1. The van der Waals surface area contributed by atoms with Gasteiger partial charge in [0, 0.05) is 36.4 Å². The third-order valence-electron chi connectivity index (χ3n) is 6.08. The molecule has 44 heavy (non-hydrogen) atoms. The lowest BCUT2D eigenvalue weighted by Gasteiger charge is -2.14. The second-order valence-corrected chi connectivity index (χ2v) is 9.40. The van der Waals surface area contributed by atoms with Gasteiger partial charge in [-0.3, -0.25) is 0 Å². The van der Waals surface area contributed by atoms with Crippen molar-refractivity contribution in [3.63, 3.8) is 0 Å². The highest BCUT2D eigenvalue weighted by molar-refractivity contribution is 5.91. The summed E-state index contributed by atoms with van der Waals surface area (Å²) >= 11 is 0. The summed E-state index contributed by atoms with van der Waals surface area (Å²) in [5.74, 6) is -1.11. The monoisotopic (exact) mass is 618 g/mol. The Morgan fingerprint density at radius 2 is 1.45 bits per heavy atom. The van der Waals surface area contributed by atoms with Crippen molar-refractivity contribution in [3.8, 4) is 11.1 Å². The van der Waals surface area contributed by atoms with Crippen molar-refractivity contribution < 1.29 is 42.8 Å². The van der Waals surface area contributed by atoms with Crippen LogP contribution in [0.4, 0.5) is 20.8 Å². The summed E-state index contributed by atoms with van der Waals surface area (Å²) in [5, 5.41) is 17.3. The van der Waals surface area contributed by atoms with E-state index in [9.17, 15) is 14.0 Å². The maximum absolute atomic E-state index is 14.7. The van der Waals surface area contributed by atoms with E-state index in [1.807, 2.05) is 13.0 Å². The first kappa shape index (κ1) is 34.5. The number of hydrogen-bond donors (Lipinski definition) is 4. The molecule has 14 nitrogen and oxygen atoms in total. The zero-order valence-electron chi connectivity index (χ0n) is 25.1. The van der Waals surface area contributed by atoms with E-state index in [-0.39, 0.29) is 32.1 Å². The summed E-state index contributed by atoms with van der Waals surface area (Å²) < 4.78 is 41.0. The quantitative estimate of drug-likeness (QED) is 0.137. The van der Waals surface area contributed by atoms with Gasteiger partial charge in [0.1, 0.15) is 12.4 Å². The molecule has 2 aromatic heterocycles. The first-order chi connectivity index (χ1) is 21.3. The molecule has 0 atom stereocenters. The maximum atomic E-state index is 14.7. The van der Waals surface area contributed by atoms with Gasteiger partial charge in [0.05, 0.1) is 65.1 Å². The van der Waals surface area contributed by atoms with E-state index in [2.05, 4.69) is 30.9 Å². The van der Waals surface area contributed by atoms with Crippen molar-refractivity contribution in [3.05, 3.63) is 41.5 Å². The Bertz CT molecular complexity index is 1380. The number of urea groups is 1. The predicted molar refractivity (Wildman–Crippen MR) is 160 cm³/mol. The summed E-state index contributed by atoms with van der Waals surface area (Å²) in [6.07, 6.45) is 1.67. The summed E-state index contributed by atoms with van der Waals surface area (Å²) in [7, 11) is 1.73. The third-order valence-corrected chi connectivity index (χ3v) is 6.08. The van der Waals surface area contributed by atoms with Gasteiger partial charge >= 0.3 is 12.0 Å². The first-order valence-corrected chi connectivity index (χ1v) is 14.1. The molecule has 0 unspecified atom stereocenters. The number of carbonyl (C=O) groups is 2. The zero-order valence-corrected chi connectivity index (χ0v) is 25.1. The number of rotatable bonds is 20. The molecule has 0 aliphatic rings. The number of amides is 2. The molecule has 0 bridgehead atoms. The van der Waals surface area contributed by atoms with Gasteiger partial charge in [-0.05, 0) is 43.2 Å². The average Bonchev–Trinajstić information content (AvgIpc) is 2.99. The van der Waals surface area contributed by atoms with Crippen molar-refractivity contribution in [2.24, 2.45) is 0 Å². The van der Waals surface area contributed by atoms with Crippen LogP contribution in [-0.2, 0) is 28.5 Å². The highest BCUT2D eigenvalue weighted by Crippen LogP contribution is 2.32. The number of pyridine rings is 1. The summed E-state index contributed by atoms with van der Waals surface area (Å²) in [5.41, 5.74) is 3.50. The van der Waals surface area contributed by atoms with Gasteiger partial charge in [-0.25, -0.2) is 23.9 Å². The predicted octanol–water partition coefficient (Wildman–Crippen LogP) is 2.78. The Kier molecular flexibility index (Phi) is 14.6. The van der Waals surface area contributed by atoms with Gasteiger partial charge < -0.3 is 44.7 Å². The minimum absolute atomic E-state index is 0.0391. The molecule has 3 rings (SSSR count). The minimum Gasteiger partial charge on any atom is -0.480 e. The smallest absolute Gasteiger partial charge is 0.329 e. The number of anilines is 2. The second kappa shape index (κ2) is 18.6. The molecule has 0 aliphatic heterocycles. The summed E-state index contributed by atoms with van der Waals surface area (Å²) in [6, 6.07) is 4.31. The molecule has 3 aromatic rings. The van der Waals surface area contributed by atoms with Gasteiger partial charge in [-0.15, -0.1) is 0 Å². The van der Waals surface area contributed by atoms with Crippen LogP contribution in [0, 0.1) is 19.7 Å². The number of aromatic nitrogens is 3. The lowest BCUT2D eigenvalue weighted by molar-refractivity contribution is -0.142. The summed E-state index contributed by atoms with van der Waals surface area (Å²) in [4.78, 5) is 35.9. The zero-order chi connectivity index (χ0) is 31.7. The number of carboxylic acids is 1. The van der Waals surface area contributed by atoms with E-state index >= 15 is 0 Å². The average molecular weight is 619 g/mol. The Hall–Kier alpha value is -4.02. The van der Waals surface area contributed by atoms with Gasteiger partial charge in [-0.2, -0.15) is 4.98 Å². The fourth-order valence-corrected chi connectivity index (χ4v) is 3.95. The van der Waals surface area contributed by atoms with Crippen LogP contribution in [0.25, 0.3) is 22.2 Å². The number of nitrogens with zero attached hydrogens (tertiary/aromatic N) is 3. The van der Waals surface area contributed by atoms with Crippen LogP contribution >= 0.6 is 0 Å². The number of aryl methyl sites for hydroxylation is 2. The Balaban J connectivity index is 1.31. The fraction of sp³-hybridized carbons (Fsp3) is 0.483. The molecule has 0 saturated heterocycles. The molecule has 240 valence electrons. The lowest BCUT2D eigenvalue weighted by atomic mass is 9.97. The maximum Gasteiger partial charge on any atom is 0.329 e. The number of fused-ring (bicyclic) bond motifs is 1. The molecule has 1 aromatic carbocycles. The standard InChI is InChI=1S/C29H39FN6O8/c1-19-14-24(30)25(16-22(19)23-15-21-17-33-28(31-3)36-27(21)34-20(23)2)35-29(39)32-4-5-40-6-7-41-8-9-42-10-11-43-12-13-44-18-26(37)38/h14-17H,4-13,18H2,1-3H3,(H,37,38)(H2,32,35,39)(H,31,33,34,36). The van der Waals surface area contributed by atoms with E-state index in [1.54, 1.807) is 26.2 Å². The largest absolute Gasteiger partial charge is 0.480 e. The van der Waals surface area contributed by atoms with E-state index in [0.29, 0.717) is 69.1 Å². The van der Waals surface area contributed by atoms with Gasteiger partial charge in [0.25, 0.3) is 0 Å². The van der Waals surface area contributed by atoms with E-state index in [0.717, 1.165) is 16.5 Å². The van der Waals surface area contributed by atoms with Crippen LogP contribution in [0.2, 0.25) is 0 Å². The molecular weight excluding hydrogens is 579 g/mol. The normalized spacial score (nSPS) is 11.1. The molecule has 0 saturated carbocycles. The molecular formula is C29H39FN6O8. The topological polar surface area (TPSA) is 175 Å². The highest BCUT2D eigenvalue weighted by Gasteiger charge is 2.15. The number of carbonyl (C=O) groups excluding carboxylic acids is 1. The van der Waals surface area contributed by atoms with E-state index < -0.39 is 17.8 Å². The van der Waals surface area contributed by atoms with Crippen LogP contribution < -0.4 is 16.0 Å². The van der Waals surface area contributed by atoms with E-state index in [4.69, 9.17) is 28.8 Å². The number of ether oxygens (including phenoxy) is 5. The second-order valence-electron chi connectivity index (χ2n) is 9.40. The highest BCUT2D eigenvalue weighted by atomic mass is 19.1. The minimum atomic E-state index is -1.02. The van der Waals surface area contributed by atoms with Crippen LogP contribution in [0.5, 0.6) is 0 Å².